The van der Waals surface area contributed by atoms with E-state index in [0.29, 0.717) is 5.92 Å². The van der Waals surface area contributed by atoms with Gasteiger partial charge in [-0.2, -0.15) is 5.10 Å². The Hall–Kier alpha value is -2.79. The Morgan fingerprint density at radius 1 is 1.03 bits per heavy atom. The molecule has 0 aromatic heterocycles. The number of nitrogens with zero attached hydrogens (tertiary/aromatic N) is 2. The molecule has 0 N–H and O–H groups in total. The smallest absolute Gasteiger partial charge is 0.213 e. The molecule has 2 heterocycles. The van der Waals surface area contributed by atoms with Crippen molar-refractivity contribution in [3.05, 3.63) is 93.5 Å². The Morgan fingerprint density at radius 3 is 2.45 bits per heavy atom. The van der Waals surface area contributed by atoms with E-state index in [1.54, 1.807) is 7.11 Å². The van der Waals surface area contributed by atoms with Crippen molar-refractivity contribution in [2.24, 2.45) is 5.10 Å². The van der Waals surface area contributed by atoms with Gasteiger partial charge >= 0.3 is 0 Å². The molecule has 0 unspecified atom stereocenters. The summed E-state index contributed by atoms with van der Waals surface area (Å²) >= 11 is 3.62. The van der Waals surface area contributed by atoms with Crippen molar-refractivity contribution in [3.8, 4) is 11.5 Å². The van der Waals surface area contributed by atoms with Gasteiger partial charge in [-0.15, -0.1) is 0 Å². The van der Waals surface area contributed by atoms with Gasteiger partial charge in [-0.1, -0.05) is 54.0 Å². The third-order valence-corrected chi connectivity index (χ3v) is 6.56. The first-order valence-electron chi connectivity index (χ1n) is 10.6. The number of ether oxygens (including phenoxy) is 2. The second-order valence-electron chi connectivity index (χ2n) is 8.35. The lowest BCUT2D eigenvalue weighted by atomic mass is 9.95. The molecule has 0 fully saturated rings. The van der Waals surface area contributed by atoms with Crippen LogP contribution < -0.4 is 9.47 Å². The molecule has 0 amide bonds. The summed E-state index contributed by atoms with van der Waals surface area (Å²) in [5, 5.41) is 7.17. The normalized spacial score (nSPS) is 19.5. The Balaban J connectivity index is 1.55. The van der Waals surface area contributed by atoms with Crippen LogP contribution in [0.4, 0.5) is 0 Å². The zero-order valence-corrected chi connectivity index (χ0v) is 19.5. The summed E-state index contributed by atoms with van der Waals surface area (Å²) < 4.78 is 12.8. The zero-order chi connectivity index (χ0) is 21.5. The summed E-state index contributed by atoms with van der Waals surface area (Å²) in [6, 6.07) is 23.2. The third-order valence-electron chi connectivity index (χ3n) is 6.06. The van der Waals surface area contributed by atoms with Crippen LogP contribution in [0, 0.1) is 0 Å². The minimum Gasteiger partial charge on any atom is -0.497 e. The fourth-order valence-electron chi connectivity index (χ4n) is 4.28. The van der Waals surface area contributed by atoms with Gasteiger partial charge in [0.15, 0.2) is 0 Å². The standard InChI is InChI=1S/C26H25BrN2O2/c1-16(2)17-4-6-19(7-5-17)26-29-24(22-14-20(27)10-13-25(22)31-26)15-23(28-29)18-8-11-21(30-3)12-9-18/h4-14,16,24,26H,15H2,1-3H3/t24-,26+/m0/s1. The van der Waals surface area contributed by atoms with Crippen molar-refractivity contribution in [3.63, 3.8) is 0 Å². The molecule has 31 heavy (non-hydrogen) atoms. The van der Waals surface area contributed by atoms with E-state index in [1.165, 1.54) is 5.56 Å². The van der Waals surface area contributed by atoms with Gasteiger partial charge in [0.2, 0.25) is 6.23 Å². The lowest BCUT2D eigenvalue weighted by Gasteiger charge is -2.38. The van der Waals surface area contributed by atoms with E-state index in [4.69, 9.17) is 14.6 Å². The van der Waals surface area contributed by atoms with E-state index >= 15 is 0 Å². The maximum atomic E-state index is 6.49. The number of fused-ring (bicyclic) bond motifs is 3. The molecule has 158 valence electrons. The Labute approximate surface area is 191 Å². The SMILES string of the molecule is COc1ccc(C2=NN3[C@@H](c4ccc(C(C)C)cc4)Oc4ccc(Br)cc4[C@@H]3C2)cc1. The number of methoxy groups -OCH3 is 1. The molecule has 0 saturated heterocycles. The highest BCUT2D eigenvalue weighted by Gasteiger charge is 2.41. The molecule has 5 heteroatoms. The topological polar surface area (TPSA) is 34.1 Å². The van der Waals surface area contributed by atoms with Crippen LogP contribution in [-0.2, 0) is 0 Å². The molecule has 3 aromatic rings. The Bertz CT molecular complexity index is 1120. The minimum absolute atomic E-state index is 0.133. The maximum absolute atomic E-state index is 6.49. The number of hydrogen-bond donors (Lipinski definition) is 0. The zero-order valence-electron chi connectivity index (χ0n) is 17.9. The van der Waals surface area contributed by atoms with Gasteiger partial charge in [0.1, 0.15) is 11.5 Å². The predicted octanol–water partition coefficient (Wildman–Crippen LogP) is 6.82. The van der Waals surface area contributed by atoms with Crippen molar-refractivity contribution in [2.75, 3.05) is 7.11 Å². The van der Waals surface area contributed by atoms with E-state index in [1.807, 2.05) is 18.2 Å². The molecule has 2 aliphatic heterocycles. The quantitative estimate of drug-likeness (QED) is 0.413. The summed E-state index contributed by atoms with van der Waals surface area (Å²) in [5.74, 6) is 2.27. The van der Waals surface area contributed by atoms with Crippen molar-refractivity contribution in [1.29, 1.82) is 0 Å². The molecule has 0 saturated carbocycles. The van der Waals surface area contributed by atoms with Crippen molar-refractivity contribution >= 4 is 21.6 Å². The van der Waals surface area contributed by atoms with Crippen LogP contribution in [0.2, 0.25) is 0 Å². The molecule has 2 aliphatic rings. The van der Waals surface area contributed by atoms with Crippen LogP contribution in [0.5, 0.6) is 11.5 Å². The molecule has 0 aliphatic carbocycles. The van der Waals surface area contributed by atoms with E-state index in [2.05, 4.69) is 83.3 Å². The summed E-state index contributed by atoms with van der Waals surface area (Å²) in [7, 11) is 1.68. The fraction of sp³-hybridized carbons (Fsp3) is 0.269. The molecular formula is C26H25BrN2O2. The molecule has 0 spiro atoms. The van der Waals surface area contributed by atoms with Crippen LogP contribution in [0.3, 0.4) is 0 Å². The van der Waals surface area contributed by atoms with Gasteiger partial charge in [0.05, 0.1) is 18.9 Å². The second kappa shape index (κ2) is 8.04. The number of rotatable bonds is 4. The van der Waals surface area contributed by atoms with Gasteiger partial charge < -0.3 is 9.47 Å². The van der Waals surface area contributed by atoms with Crippen LogP contribution in [0.1, 0.15) is 60.7 Å². The van der Waals surface area contributed by atoms with Crippen molar-refractivity contribution in [1.82, 2.24) is 5.01 Å². The van der Waals surface area contributed by atoms with Crippen molar-refractivity contribution in [2.45, 2.75) is 38.5 Å². The Kier molecular flexibility index (Phi) is 5.22. The first-order valence-corrected chi connectivity index (χ1v) is 11.4. The third kappa shape index (κ3) is 3.72. The highest BCUT2D eigenvalue weighted by molar-refractivity contribution is 9.10. The van der Waals surface area contributed by atoms with E-state index in [9.17, 15) is 0 Å². The number of halogens is 1. The lowest BCUT2D eigenvalue weighted by Crippen LogP contribution is -2.33. The largest absolute Gasteiger partial charge is 0.497 e. The first-order chi connectivity index (χ1) is 15.0. The summed E-state index contributed by atoms with van der Waals surface area (Å²) in [6.45, 7) is 4.42. The molecule has 5 rings (SSSR count). The van der Waals surface area contributed by atoms with Crippen molar-refractivity contribution < 1.29 is 9.47 Å². The van der Waals surface area contributed by atoms with Gasteiger partial charge in [-0.05, 0) is 59.5 Å². The molecule has 2 atom stereocenters. The molecule has 0 radical (unpaired) electrons. The van der Waals surface area contributed by atoms with E-state index < -0.39 is 0 Å². The predicted molar refractivity (Wildman–Crippen MR) is 127 cm³/mol. The number of hydrazone groups is 1. The van der Waals surface area contributed by atoms with Crippen LogP contribution in [-0.4, -0.2) is 17.8 Å². The molecule has 0 bridgehead atoms. The molecule has 3 aromatic carbocycles. The van der Waals surface area contributed by atoms with Crippen LogP contribution in [0.15, 0.2) is 76.3 Å². The first kappa shape index (κ1) is 20.1. The molecular weight excluding hydrogens is 452 g/mol. The van der Waals surface area contributed by atoms with E-state index in [-0.39, 0.29) is 12.3 Å². The van der Waals surface area contributed by atoms with Gasteiger partial charge in [0, 0.05) is 22.0 Å². The second-order valence-corrected chi connectivity index (χ2v) is 9.26. The van der Waals surface area contributed by atoms with Crippen LogP contribution in [0.25, 0.3) is 0 Å². The lowest BCUT2D eigenvalue weighted by molar-refractivity contribution is -0.0190. The highest BCUT2D eigenvalue weighted by atomic mass is 79.9. The summed E-state index contributed by atoms with van der Waals surface area (Å²) in [6.07, 6.45) is 0.579. The van der Waals surface area contributed by atoms with Crippen LogP contribution >= 0.6 is 15.9 Å². The minimum atomic E-state index is -0.254. The maximum Gasteiger partial charge on any atom is 0.213 e. The highest BCUT2D eigenvalue weighted by Crippen LogP contribution is 2.48. The monoisotopic (exact) mass is 476 g/mol. The average molecular weight is 477 g/mol. The fourth-order valence-corrected chi connectivity index (χ4v) is 4.66. The van der Waals surface area contributed by atoms with Gasteiger partial charge in [-0.25, -0.2) is 5.01 Å². The number of benzene rings is 3. The van der Waals surface area contributed by atoms with E-state index in [0.717, 1.165) is 44.8 Å². The summed E-state index contributed by atoms with van der Waals surface area (Å²) in [5.41, 5.74) is 5.78. The number of hydrogen-bond acceptors (Lipinski definition) is 4. The molecule has 4 nitrogen and oxygen atoms in total. The van der Waals surface area contributed by atoms with Gasteiger partial charge in [-0.3, -0.25) is 0 Å². The van der Waals surface area contributed by atoms with Gasteiger partial charge in [0.25, 0.3) is 0 Å². The summed E-state index contributed by atoms with van der Waals surface area (Å²) in [4.78, 5) is 0. The Morgan fingerprint density at radius 2 is 1.77 bits per heavy atom. The average Bonchev–Trinajstić information content (AvgIpc) is 3.24.